The van der Waals surface area contributed by atoms with E-state index in [9.17, 15) is 14.4 Å². The second-order valence-corrected chi connectivity index (χ2v) is 9.36. The van der Waals surface area contributed by atoms with Crippen molar-refractivity contribution < 1.29 is 23.2 Å². The van der Waals surface area contributed by atoms with E-state index in [1.54, 1.807) is 25.2 Å². The third-order valence-electron chi connectivity index (χ3n) is 6.82. The fourth-order valence-electron chi connectivity index (χ4n) is 4.64. The van der Waals surface area contributed by atoms with Gasteiger partial charge in [-0.3, -0.25) is 14.4 Å². The van der Waals surface area contributed by atoms with E-state index in [2.05, 4.69) is 16.0 Å². The average Bonchev–Trinajstić information content (AvgIpc) is 3.53. The van der Waals surface area contributed by atoms with Gasteiger partial charge >= 0.3 is 0 Å². The van der Waals surface area contributed by atoms with Crippen LogP contribution in [0.4, 0.5) is 0 Å². The Bertz CT molecular complexity index is 1220. The molecule has 0 spiro atoms. The molecule has 8 nitrogen and oxygen atoms in total. The van der Waals surface area contributed by atoms with E-state index in [0.717, 1.165) is 54.6 Å². The van der Waals surface area contributed by atoms with E-state index >= 15 is 0 Å². The number of hydrogen-bond donors (Lipinski definition) is 3. The first-order chi connectivity index (χ1) is 17.4. The molecule has 1 atom stereocenters. The van der Waals surface area contributed by atoms with E-state index < -0.39 is 11.9 Å². The lowest BCUT2D eigenvalue weighted by Crippen LogP contribution is -2.50. The molecule has 1 aliphatic rings. The van der Waals surface area contributed by atoms with Crippen molar-refractivity contribution in [1.82, 2.24) is 16.0 Å². The first-order valence-corrected chi connectivity index (χ1v) is 12.4. The van der Waals surface area contributed by atoms with Gasteiger partial charge in [0.05, 0.1) is 0 Å². The fraction of sp³-hybridized carbons (Fsp3) is 0.393. The van der Waals surface area contributed by atoms with Crippen LogP contribution in [0.3, 0.4) is 0 Å². The highest BCUT2D eigenvalue weighted by molar-refractivity contribution is 5.96. The van der Waals surface area contributed by atoms with Gasteiger partial charge in [-0.1, -0.05) is 37.5 Å². The van der Waals surface area contributed by atoms with Crippen molar-refractivity contribution in [3.05, 3.63) is 70.9 Å². The van der Waals surface area contributed by atoms with Crippen molar-refractivity contribution in [1.29, 1.82) is 0 Å². The van der Waals surface area contributed by atoms with Gasteiger partial charge in [0.15, 0.2) is 11.5 Å². The van der Waals surface area contributed by atoms with Crippen LogP contribution in [0.5, 0.6) is 0 Å². The third-order valence-corrected chi connectivity index (χ3v) is 6.82. The summed E-state index contributed by atoms with van der Waals surface area (Å²) < 4.78 is 11.3. The van der Waals surface area contributed by atoms with Crippen LogP contribution in [-0.4, -0.2) is 30.8 Å². The highest BCUT2D eigenvalue weighted by Crippen LogP contribution is 2.28. The molecule has 0 bridgehead atoms. The van der Waals surface area contributed by atoms with Crippen molar-refractivity contribution in [2.45, 2.75) is 58.5 Å². The lowest BCUT2D eigenvalue weighted by atomic mass is 9.83. The van der Waals surface area contributed by atoms with Gasteiger partial charge in [-0.25, -0.2) is 0 Å². The molecule has 190 valence electrons. The maximum Gasteiger partial charge on any atom is 0.287 e. The monoisotopic (exact) mass is 491 g/mol. The van der Waals surface area contributed by atoms with Crippen LogP contribution < -0.4 is 16.0 Å². The number of likely N-dealkylation sites (N-methyl/N-ethyl adjacent to an activating group) is 1. The first kappa shape index (κ1) is 25.3. The Morgan fingerprint density at radius 2 is 1.72 bits per heavy atom. The van der Waals surface area contributed by atoms with E-state index in [4.69, 9.17) is 8.83 Å². The Balaban J connectivity index is 1.41. The molecule has 0 unspecified atom stereocenters. The van der Waals surface area contributed by atoms with Crippen LogP contribution in [0, 0.1) is 19.8 Å². The molecule has 1 aliphatic carbocycles. The predicted molar refractivity (Wildman–Crippen MR) is 135 cm³/mol. The smallest absolute Gasteiger partial charge is 0.287 e. The zero-order valence-corrected chi connectivity index (χ0v) is 21.0. The SMILES string of the molecule is CNC(=O)[C@@H](NC(=O)c1ccc(-c2cccc(CNC(=O)c3cc(C)c(C)o3)c2)o1)C1CCCCC1. The van der Waals surface area contributed by atoms with Crippen LogP contribution in [0.1, 0.15) is 70.1 Å². The topological polar surface area (TPSA) is 114 Å². The number of nitrogens with one attached hydrogen (secondary N) is 3. The number of hydrogen-bond acceptors (Lipinski definition) is 5. The summed E-state index contributed by atoms with van der Waals surface area (Å²) in [5.41, 5.74) is 2.58. The number of carbonyl (C=O) groups is 3. The Kier molecular flexibility index (Phi) is 7.93. The number of aryl methyl sites for hydroxylation is 2. The molecule has 0 saturated heterocycles. The highest BCUT2D eigenvalue weighted by atomic mass is 16.4. The zero-order valence-electron chi connectivity index (χ0n) is 21.0. The lowest BCUT2D eigenvalue weighted by Gasteiger charge is -2.29. The highest BCUT2D eigenvalue weighted by Gasteiger charge is 2.31. The summed E-state index contributed by atoms with van der Waals surface area (Å²) in [4.78, 5) is 37.8. The summed E-state index contributed by atoms with van der Waals surface area (Å²) in [7, 11) is 1.58. The minimum absolute atomic E-state index is 0.123. The van der Waals surface area contributed by atoms with Gasteiger partial charge in [0.2, 0.25) is 5.91 Å². The normalized spacial score (nSPS) is 14.8. The molecule has 1 saturated carbocycles. The Morgan fingerprint density at radius 3 is 2.42 bits per heavy atom. The summed E-state index contributed by atoms with van der Waals surface area (Å²) in [6.07, 6.45) is 5.14. The van der Waals surface area contributed by atoms with Crippen molar-refractivity contribution in [3.63, 3.8) is 0 Å². The molecule has 4 rings (SSSR count). The van der Waals surface area contributed by atoms with Crippen LogP contribution in [0.2, 0.25) is 0 Å². The average molecular weight is 492 g/mol. The number of carbonyl (C=O) groups excluding carboxylic acids is 3. The van der Waals surface area contributed by atoms with Crippen molar-refractivity contribution >= 4 is 17.7 Å². The van der Waals surface area contributed by atoms with Gasteiger partial charge in [0.25, 0.3) is 11.8 Å². The number of furan rings is 2. The Hall–Kier alpha value is -3.81. The minimum atomic E-state index is -0.579. The minimum Gasteiger partial charge on any atom is -0.456 e. The van der Waals surface area contributed by atoms with Gasteiger partial charge in [-0.2, -0.15) is 0 Å². The number of benzene rings is 1. The molecule has 1 aromatic carbocycles. The molecular weight excluding hydrogens is 458 g/mol. The van der Waals surface area contributed by atoms with Crippen molar-refractivity contribution in [2.24, 2.45) is 5.92 Å². The van der Waals surface area contributed by atoms with Crippen LogP contribution in [0.25, 0.3) is 11.3 Å². The quantitative estimate of drug-likeness (QED) is 0.429. The van der Waals surface area contributed by atoms with E-state index in [-0.39, 0.29) is 29.3 Å². The molecule has 2 heterocycles. The van der Waals surface area contributed by atoms with Crippen LogP contribution >= 0.6 is 0 Å². The summed E-state index contributed by atoms with van der Waals surface area (Å²) >= 11 is 0. The molecule has 3 N–H and O–H groups in total. The summed E-state index contributed by atoms with van der Waals surface area (Å²) in [5.74, 6) is 0.933. The van der Waals surface area contributed by atoms with Crippen LogP contribution in [0.15, 0.2) is 51.3 Å². The molecule has 0 aliphatic heterocycles. The molecule has 3 amide bonds. The lowest BCUT2D eigenvalue weighted by molar-refractivity contribution is -0.124. The Morgan fingerprint density at radius 1 is 0.944 bits per heavy atom. The molecular formula is C28H33N3O5. The molecule has 0 radical (unpaired) electrons. The summed E-state index contributed by atoms with van der Waals surface area (Å²) in [6.45, 7) is 4.03. The van der Waals surface area contributed by atoms with E-state index in [1.807, 2.05) is 38.1 Å². The van der Waals surface area contributed by atoms with Crippen LogP contribution in [-0.2, 0) is 11.3 Å². The molecule has 3 aromatic rings. The van der Waals surface area contributed by atoms with Crippen molar-refractivity contribution in [2.75, 3.05) is 7.05 Å². The van der Waals surface area contributed by atoms with Gasteiger partial charge in [0.1, 0.15) is 17.6 Å². The van der Waals surface area contributed by atoms with Gasteiger partial charge < -0.3 is 24.8 Å². The molecule has 1 fully saturated rings. The van der Waals surface area contributed by atoms with Gasteiger partial charge in [-0.15, -0.1) is 0 Å². The number of rotatable bonds is 8. The maximum absolute atomic E-state index is 12.9. The second-order valence-electron chi connectivity index (χ2n) is 9.36. The summed E-state index contributed by atoms with van der Waals surface area (Å²) in [6, 6.07) is 12.0. The molecule has 8 heteroatoms. The zero-order chi connectivity index (χ0) is 25.7. The number of amides is 3. The second kappa shape index (κ2) is 11.3. The van der Waals surface area contributed by atoms with E-state index in [1.165, 1.54) is 0 Å². The fourth-order valence-corrected chi connectivity index (χ4v) is 4.64. The van der Waals surface area contributed by atoms with E-state index in [0.29, 0.717) is 12.3 Å². The molecule has 2 aromatic heterocycles. The van der Waals surface area contributed by atoms with Gasteiger partial charge in [-0.05, 0) is 68.0 Å². The first-order valence-electron chi connectivity index (χ1n) is 12.4. The van der Waals surface area contributed by atoms with Gasteiger partial charge in [0, 0.05) is 19.2 Å². The Labute approximate surface area is 210 Å². The maximum atomic E-state index is 12.9. The summed E-state index contributed by atoms with van der Waals surface area (Å²) in [5, 5.41) is 8.41. The standard InChI is InChI=1S/C28H33N3O5/c1-17-14-24(35-18(17)2)26(32)30-16-19-8-7-11-21(15-19)22-12-13-23(36-22)27(33)31-25(28(34)29-3)20-9-5-4-6-10-20/h7-8,11-15,20,25H,4-6,9-10,16H2,1-3H3,(H,29,34)(H,30,32)(H,31,33)/t25-/m0/s1. The molecule has 36 heavy (non-hydrogen) atoms. The largest absolute Gasteiger partial charge is 0.456 e. The van der Waals surface area contributed by atoms with Crippen molar-refractivity contribution in [3.8, 4) is 11.3 Å². The predicted octanol–water partition coefficient (Wildman–Crippen LogP) is 4.51. The third kappa shape index (κ3) is 5.87.